The maximum absolute atomic E-state index is 12.9. The quantitative estimate of drug-likeness (QED) is 0.418. The van der Waals surface area contributed by atoms with Crippen molar-refractivity contribution in [2.75, 3.05) is 25.0 Å². The van der Waals surface area contributed by atoms with Gasteiger partial charge >= 0.3 is 0 Å². The van der Waals surface area contributed by atoms with E-state index in [1.165, 1.54) is 0 Å². The number of amides is 1. The zero-order chi connectivity index (χ0) is 23.7. The van der Waals surface area contributed by atoms with Crippen LogP contribution in [0.5, 0.6) is 5.75 Å². The second-order valence-electron chi connectivity index (χ2n) is 7.98. The molecule has 2 aromatic carbocycles. The van der Waals surface area contributed by atoms with Crippen molar-refractivity contribution in [2.45, 2.75) is 50.3 Å². The molecule has 1 fully saturated rings. The van der Waals surface area contributed by atoms with Crippen LogP contribution in [-0.4, -0.2) is 43.4 Å². The number of carbonyl (C=O) groups is 1. The maximum atomic E-state index is 12.9. The summed E-state index contributed by atoms with van der Waals surface area (Å²) in [4.78, 5) is 12.7. The lowest BCUT2D eigenvalue weighted by Gasteiger charge is -2.20. The summed E-state index contributed by atoms with van der Waals surface area (Å²) in [7, 11) is -3.50. The summed E-state index contributed by atoms with van der Waals surface area (Å²) in [6.07, 6.45) is 5.95. The Labute approximate surface area is 201 Å². The van der Waals surface area contributed by atoms with Gasteiger partial charge in [0, 0.05) is 24.3 Å². The SMILES string of the molecule is CCCCOc1ccc(C(=O)NC(=S)Nc2ccc(S(=O)(=O)N3CCCCCC3)cc2)cc1. The fraction of sp³-hybridized carbons (Fsp3) is 0.417. The van der Waals surface area contributed by atoms with E-state index >= 15 is 0 Å². The fourth-order valence-electron chi connectivity index (χ4n) is 3.52. The van der Waals surface area contributed by atoms with Gasteiger partial charge in [-0.2, -0.15) is 4.31 Å². The Bertz CT molecular complexity index is 1030. The number of nitrogens with zero attached hydrogens (tertiary/aromatic N) is 1. The molecule has 0 saturated carbocycles. The average molecular weight is 490 g/mol. The van der Waals surface area contributed by atoms with Crippen molar-refractivity contribution in [3.8, 4) is 5.75 Å². The van der Waals surface area contributed by atoms with Gasteiger partial charge in [-0.3, -0.25) is 10.1 Å². The van der Waals surface area contributed by atoms with E-state index in [0.29, 0.717) is 30.9 Å². The molecular formula is C24H31N3O4S2. The van der Waals surface area contributed by atoms with Gasteiger partial charge in [-0.15, -0.1) is 0 Å². The lowest BCUT2D eigenvalue weighted by Crippen LogP contribution is -2.34. The molecule has 0 aromatic heterocycles. The summed E-state index contributed by atoms with van der Waals surface area (Å²) in [6.45, 7) is 3.86. The number of unbranched alkanes of at least 4 members (excludes halogenated alkanes) is 1. The zero-order valence-corrected chi connectivity index (χ0v) is 20.5. The third-order valence-electron chi connectivity index (χ3n) is 5.43. The average Bonchev–Trinajstić information content (AvgIpc) is 3.10. The van der Waals surface area contributed by atoms with Crippen molar-refractivity contribution in [1.29, 1.82) is 0 Å². The molecule has 2 N–H and O–H groups in total. The highest BCUT2D eigenvalue weighted by atomic mass is 32.2. The number of anilines is 1. The molecule has 1 saturated heterocycles. The lowest BCUT2D eigenvalue weighted by molar-refractivity contribution is 0.0977. The first-order valence-electron chi connectivity index (χ1n) is 11.4. The molecule has 1 aliphatic heterocycles. The molecule has 1 aliphatic rings. The van der Waals surface area contributed by atoms with Crippen LogP contribution in [-0.2, 0) is 10.0 Å². The number of sulfonamides is 1. The predicted octanol–water partition coefficient (Wildman–Crippen LogP) is 4.56. The largest absolute Gasteiger partial charge is 0.494 e. The van der Waals surface area contributed by atoms with Crippen LogP contribution in [0.15, 0.2) is 53.4 Å². The normalized spacial score (nSPS) is 14.8. The number of benzene rings is 2. The van der Waals surface area contributed by atoms with Crippen molar-refractivity contribution in [3.63, 3.8) is 0 Å². The molecule has 33 heavy (non-hydrogen) atoms. The van der Waals surface area contributed by atoms with Gasteiger partial charge in [-0.1, -0.05) is 26.2 Å². The molecule has 178 valence electrons. The first-order chi connectivity index (χ1) is 15.9. The molecule has 0 atom stereocenters. The fourth-order valence-corrected chi connectivity index (χ4v) is 5.24. The topological polar surface area (TPSA) is 87.7 Å². The third-order valence-corrected chi connectivity index (χ3v) is 7.54. The minimum absolute atomic E-state index is 0.131. The van der Waals surface area contributed by atoms with Crippen molar-refractivity contribution < 1.29 is 17.9 Å². The van der Waals surface area contributed by atoms with Crippen LogP contribution in [0.2, 0.25) is 0 Å². The van der Waals surface area contributed by atoms with Gasteiger partial charge in [-0.05, 0) is 80.0 Å². The van der Waals surface area contributed by atoms with Crippen molar-refractivity contribution in [2.24, 2.45) is 0 Å². The van der Waals surface area contributed by atoms with Gasteiger partial charge in [0.2, 0.25) is 10.0 Å². The van der Waals surface area contributed by atoms with E-state index in [4.69, 9.17) is 17.0 Å². The Balaban J connectivity index is 1.54. The Kier molecular flexibility index (Phi) is 9.22. The van der Waals surface area contributed by atoms with Crippen molar-refractivity contribution in [3.05, 3.63) is 54.1 Å². The Morgan fingerprint density at radius 2 is 1.64 bits per heavy atom. The highest BCUT2D eigenvalue weighted by Gasteiger charge is 2.25. The molecule has 1 amide bonds. The summed E-state index contributed by atoms with van der Waals surface area (Å²) in [5, 5.41) is 5.69. The molecule has 3 rings (SSSR count). The van der Waals surface area contributed by atoms with Gasteiger partial charge in [0.1, 0.15) is 5.75 Å². The smallest absolute Gasteiger partial charge is 0.257 e. The van der Waals surface area contributed by atoms with Crippen molar-refractivity contribution >= 4 is 38.9 Å². The van der Waals surface area contributed by atoms with Gasteiger partial charge in [0.25, 0.3) is 5.91 Å². The van der Waals surface area contributed by atoms with E-state index in [9.17, 15) is 13.2 Å². The van der Waals surface area contributed by atoms with Gasteiger partial charge < -0.3 is 10.1 Å². The van der Waals surface area contributed by atoms with Crippen LogP contribution >= 0.6 is 12.2 Å². The molecule has 0 spiro atoms. The number of rotatable bonds is 8. The summed E-state index contributed by atoms with van der Waals surface area (Å²) < 4.78 is 32.9. The van der Waals surface area contributed by atoms with E-state index < -0.39 is 10.0 Å². The molecule has 0 bridgehead atoms. The maximum Gasteiger partial charge on any atom is 0.257 e. The first kappa shape index (κ1) is 25.1. The van der Waals surface area contributed by atoms with Crippen LogP contribution in [0.4, 0.5) is 5.69 Å². The second-order valence-corrected chi connectivity index (χ2v) is 10.3. The number of nitrogens with one attached hydrogen (secondary N) is 2. The van der Waals surface area contributed by atoms with E-state index in [2.05, 4.69) is 17.6 Å². The van der Waals surface area contributed by atoms with Crippen LogP contribution in [0.1, 0.15) is 55.8 Å². The Hall–Kier alpha value is -2.49. The number of ether oxygens (including phenoxy) is 1. The lowest BCUT2D eigenvalue weighted by atomic mass is 10.2. The van der Waals surface area contributed by atoms with Crippen LogP contribution in [0.3, 0.4) is 0 Å². The summed E-state index contributed by atoms with van der Waals surface area (Å²) in [5.41, 5.74) is 1.05. The number of hydrogen-bond acceptors (Lipinski definition) is 5. The van der Waals surface area contributed by atoms with E-state index in [0.717, 1.165) is 44.3 Å². The zero-order valence-electron chi connectivity index (χ0n) is 18.9. The van der Waals surface area contributed by atoms with Crippen LogP contribution in [0, 0.1) is 0 Å². The molecule has 9 heteroatoms. The van der Waals surface area contributed by atoms with Crippen molar-refractivity contribution in [1.82, 2.24) is 9.62 Å². The minimum Gasteiger partial charge on any atom is -0.494 e. The van der Waals surface area contributed by atoms with E-state index in [-0.39, 0.29) is 15.9 Å². The van der Waals surface area contributed by atoms with E-state index in [1.807, 2.05) is 0 Å². The third kappa shape index (κ3) is 7.25. The number of carbonyl (C=O) groups excluding carboxylic acids is 1. The number of hydrogen-bond donors (Lipinski definition) is 2. The van der Waals surface area contributed by atoms with Gasteiger partial charge in [0.15, 0.2) is 5.11 Å². The van der Waals surface area contributed by atoms with Gasteiger partial charge in [0.05, 0.1) is 11.5 Å². The Morgan fingerprint density at radius 1 is 1.00 bits per heavy atom. The highest BCUT2D eigenvalue weighted by Crippen LogP contribution is 2.22. The molecule has 1 heterocycles. The summed E-state index contributed by atoms with van der Waals surface area (Å²) in [5.74, 6) is 0.379. The highest BCUT2D eigenvalue weighted by molar-refractivity contribution is 7.89. The minimum atomic E-state index is -3.50. The second kappa shape index (κ2) is 12.1. The molecule has 0 unspecified atom stereocenters. The standard InChI is InChI=1S/C24H31N3O4S2/c1-2-3-18-31-21-12-8-19(9-13-21)23(28)26-24(32)25-20-10-14-22(15-11-20)33(29,30)27-16-6-4-5-7-17-27/h8-15H,2-7,16-18H2,1H3,(H2,25,26,28,32). The van der Waals surface area contributed by atoms with Crippen LogP contribution in [0.25, 0.3) is 0 Å². The molecule has 2 aromatic rings. The first-order valence-corrected chi connectivity index (χ1v) is 13.2. The summed E-state index contributed by atoms with van der Waals surface area (Å²) in [6, 6.07) is 13.3. The van der Waals surface area contributed by atoms with Gasteiger partial charge in [-0.25, -0.2) is 8.42 Å². The molecule has 0 aliphatic carbocycles. The molecule has 7 nitrogen and oxygen atoms in total. The predicted molar refractivity (Wildman–Crippen MR) is 134 cm³/mol. The monoisotopic (exact) mass is 489 g/mol. The summed E-state index contributed by atoms with van der Waals surface area (Å²) >= 11 is 5.24. The molecular weight excluding hydrogens is 458 g/mol. The number of thiocarbonyl (C=S) groups is 1. The Morgan fingerprint density at radius 3 is 2.24 bits per heavy atom. The molecule has 0 radical (unpaired) electrons. The van der Waals surface area contributed by atoms with E-state index in [1.54, 1.807) is 52.8 Å². The van der Waals surface area contributed by atoms with Crippen LogP contribution < -0.4 is 15.4 Å².